The number of hydrogen-bond donors (Lipinski definition) is 1. The lowest BCUT2D eigenvalue weighted by Crippen LogP contribution is -3.09. The summed E-state index contributed by atoms with van der Waals surface area (Å²) in [6.07, 6.45) is 17.5. The van der Waals surface area contributed by atoms with Crippen LogP contribution in [-0.4, -0.2) is 25.0 Å². The number of likely N-dealkylation sites (N-methyl/N-ethyl adjacent to an activating group) is 1. The normalized spacial score (nSPS) is 20.0. The van der Waals surface area contributed by atoms with Crippen molar-refractivity contribution in [3.05, 3.63) is 94.9 Å². The molecule has 0 atom stereocenters. The Morgan fingerprint density at radius 1 is 1.00 bits per heavy atom. The third kappa shape index (κ3) is 4.04. The van der Waals surface area contributed by atoms with Crippen LogP contribution in [0.5, 0.6) is 0 Å². The van der Waals surface area contributed by atoms with Gasteiger partial charge in [0.2, 0.25) is 0 Å². The molecular formula is C20H22ClN2+. The van der Waals surface area contributed by atoms with E-state index in [-0.39, 0.29) is 0 Å². The maximum atomic E-state index is 6.04. The van der Waals surface area contributed by atoms with Crippen molar-refractivity contribution in [2.45, 2.75) is 12.6 Å². The van der Waals surface area contributed by atoms with Crippen molar-refractivity contribution in [1.29, 1.82) is 0 Å². The largest absolute Gasteiger partial charge is 0.350 e. The number of hydrogen-bond acceptors (Lipinski definition) is 1. The van der Waals surface area contributed by atoms with Gasteiger partial charge in [-0.1, -0.05) is 35.9 Å². The van der Waals surface area contributed by atoms with Crippen LogP contribution in [0.3, 0.4) is 0 Å². The molecule has 0 amide bonds. The third-order valence-electron chi connectivity index (χ3n) is 4.11. The molecule has 23 heavy (non-hydrogen) atoms. The van der Waals surface area contributed by atoms with Gasteiger partial charge < -0.3 is 9.80 Å². The number of rotatable bonds is 3. The molecule has 1 N–H and O–H groups in total. The first-order valence-electron chi connectivity index (χ1n) is 7.89. The molecule has 0 bridgehead atoms. The summed E-state index contributed by atoms with van der Waals surface area (Å²) in [7, 11) is 4.34. The lowest BCUT2D eigenvalue weighted by atomic mass is 9.99. The third-order valence-corrected chi connectivity index (χ3v) is 4.35. The monoisotopic (exact) mass is 325 g/mol. The van der Waals surface area contributed by atoms with Crippen LogP contribution in [0.15, 0.2) is 84.3 Å². The standard InChI is InChI=1S/C20H21ClN2/c1-22(2)20-8-6-17(7-9-20)18-10-12-23(13-11-18)15-16-4-3-5-19(21)14-16/h3-14,20H,15H2,1-2H3/p+1. The smallest absolute Gasteiger partial charge is 0.125 e. The van der Waals surface area contributed by atoms with Gasteiger partial charge in [0, 0.05) is 24.0 Å². The van der Waals surface area contributed by atoms with Gasteiger partial charge in [-0.3, -0.25) is 0 Å². The van der Waals surface area contributed by atoms with Crippen molar-refractivity contribution >= 4 is 11.6 Å². The zero-order chi connectivity index (χ0) is 16.2. The highest BCUT2D eigenvalue weighted by atomic mass is 35.5. The van der Waals surface area contributed by atoms with Gasteiger partial charge >= 0.3 is 0 Å². The summed E-state index contributed by atoms with van der Waals surface area (Å²) >= 11 is 6.04. The molecule has 0 radical (unpaired) electrons. The zero-order valence-electron chi connectivity index (χ0n) is 13.5. The van der Waals surface area contributed by atoms with Crippen molar-refractivity contribution in [2.75, 3.05) is 14.1 Å². The first kappa shape index (κ1) is 15.9. The van der Waals surface area contributed by atoms with Crippen LogP contribution < -0.4 is 4.90 Å². The first-order chi connectivity index (χ1) is 11.1. The van der Waals surface area contributed by atoms with Crippen molar-refractivity contribution in [3.8, 4) is 0 Å². The van der Waals surface area contributed by atoms with Crippen molar-refractivity contribution < 1.29 is 4.90 Å². The number of halogens is 1. The molecule has 1 aliphatic heterocycles. The first-order valence-corrected chi connectivity index (χ1v) is 8.27. The van der Waals surface area contributed by atoms with Crippen LogP contribution in [0.25, 0.3) is 0 Å². The van der Waals surface area contributed by atoms with Gasteiger partial charge in [0.25, 0.3) is 0 Å². The second-order valence-corrected chi connectivity index (χ2v) is 6.60. The number of nitrogens with one attached hydrogen (secondary N) is 1. The summed E-state index contributed by atoms with van der Waals surface area (Å²) in [5.41, 5.74) is 3.71. The minimum absolute atomic E-state index is 0.468. The average molecular weight is 326 g/mol. The molecule has 1 aromatic rings. The summed E-state index contributed by atoms with van der Waals surface area (Å²) < 4.78 is 0. The molecule has 2 nitrogen and oxygen atoms in total. The van der Waals surface area contributed by atoms with Crippen LogP contribution in [0.2, 0.25) is 5.02 Å². The van der Waals surface area contributed by atoms with Gasteiger partial charge in [0.1, 0.15) is 6.04 Å². The van der Waals surface area contributed by atoms with Gasteiger partial charge in [-0.15, -0.1) is 0 Å². The van der Waals surface area contributed by atoms with Crippen LogP contribution in [-0.2, 0) is 6.54 Å². The second-order valence-electron chi connectivity index (χ2n) is 6.17. The van der Waals surface area contributed by atoms with E-state index in [4.69, 9.17) is 11.6 Å². The van der Waals surface area contributed by atoms with Gasteiger partial charge in [-0.2, -0.15) is 0 Å². The summed E-state index contributed by atoms with van der Waals surface area (Å²) in [6, 6.07) is 8.46. The Kier molecular flexibility index (Phi) is 4.85. The van der Waals surface area contributed by atoms with E-state index in [0.29, 0.717) is 6.04 Å². The Bertz CT molecular complexity index is 691. The molecule has 3 rings (SSSR count). The number of nitrogens with zero attached hydrogens (tertiary/aromatic N) is 1. The molecular weight excluding hydrogens is 304 g/mol. The van der Waals surface area contributed by atoms with Gasteiger partial charge in [-0.05, 0) is 53.1 Å². The van der Waals surface area contributed by atoms with Gasteiger partial charge in [-0.25, -0.2) is 0 Å². The fourth-order valence-corrected chi connectivity index (χ4v) is 2.93. The maximum Gasteiger partial charge on any atom is 0.125 e. The molecule has 2 aliphatic rings. The van der Waals surface area contributed by atoms with Crippen molar-refractivity contribution in [2.24, 2.45) is 0 Å². The lowest BCUT2D eigenvalue weighted by molar-refractivity contribution is -0.871. The summed E-state index contributed by atoms with van der Waals surface area (Å²) in [5.74, 6) is 0. The molecule has 0 unspecified atom stereocenters. The Morgan fingerprint density at radius 2 is 1.65 bits per heavy atom. The van der Waals surface area contributed by atoms with Crippen LogP contribution in [0, 0.1) is 0 Å². The number of quaternary nitrogens is 1. The quantitative estimate of drug-likeness (QED) is 0.897. The molecule has 3 heteroatoms. The highest BCUT2D eigenvalue weighted by molar-refractivity contribution is 6.30. The molecule has 0 fully saturated rings. The van der Waals surface area contributed by atoms with E-state index in [9.17, 15) is 0 Å². The second kappa shape index (κ2) is 7.03. The highest BCUT2D eigenvalue weighted by Gasteiger charge is 2.12. The minimum Gasteiger partial charge on any atom is -0.350 e. The predicted octanol–water partition coefficient (Wildman–Crippen LogP) is 3.12. The molecule has 0 saturated heterocycles. The van der Waals surface area contributed by atoms with E-state index in [0.717, 1.165) is 11.6 Å². The van der Waals surface area contributed by atoms with E-state index in [1.165, 1.54) is 21.6 Å². The van der Waals surface area contributed by atoms with Gasteiger partial charge in [0.15, 0.2) is 0 Å². The Balaban J connectivity index is 1.68. The van der Waals surface area contributed by atoms with Crippen LogP contribution >= 0.6 is 11.6 Å². The Labute approximate surface area is 143 Å². The predicted molar refractivity (Wildman–Crippen MR) is 97.2 cm³/mol. The molecule has 1 aromatic carbocycles. The minimum atomic E-state index is 0.468. The lowest BCUT2D eigenvalue weighted by Gasteiger charge is -2.21. The van der Waals surface area contributed by atoms with E-state index in [1.54, 1.807) is 0 Å². The molecule has 0 saturated carbocycles. The van der Waals surface area contributed by atoms with E-state index >= 15 is 0 Å². The van der Waals surface area contributed by atoms with Crippen LogP contribution in [0.1, 0.15) is 5.56 Å². The fraction of sp³-hybridized carbons (Fsp3) is 0.200. The molecule has 1 aliphatic carbocycles. The van der Waals surface area contributed by atoms with Gasteiger partial charge in [0.05, 0.1) is 14.1 Å². The molecule has 0 spiro atoms. The molecule has 118 valence electrons. The summed E-state index contributed by atoms with van der Waals surface area (Å²) in [5, 5.41) is 0.783. The van der Waals surface area contributed by atoms with E-state index in [2.05, 4.69) is 73.9 Å². The number of benzene rings is 1. The molecule has 1 heterocycles. The summed E-state index contributed by atoms with van der Waals surface area (Å²) in [6.45, 7) is 0.827. The van der Waals surface area contributed by atoms with Crippen LogP contribution in [0.4, 0.5) is 0 Å². The highest BCUT2D eigenvalue weighted by Crippen LogP contribution is 2.20. The summed E-state index contributed by atoms with van der Waals surface area (Å²) in [4.78, 5) is 3.59. The SMILES string of the molecule is C[NH+](C)C1C=CC(=C2C=CN(Cc3cccc(Cl)c3)C=C2)C=C1. The Morgan fingerprint density at radius 3 is 2.26 bits per heavy atom. The van der Waals surface area contributed by atoms with E-state index < -0.39 is 0 Å². The topological polar surface area (TPSA) is 7.68 Å². The maximum absolute atomic E-state index is 6.04. The van der Waals surface area contributed by atoms with Crippen molar-refractivity contribution in [3.63, 3.8) is 0 Å². The zero-order valence-corrected chi connectivity index (χ0v) is 14.3. The average Bonchev–Trinajstić information content (AvgIpc) is 2.56. The van der Waals surface area contributed by atoms with Crippen molar-refractivity contribution in [1.82, 2.24) is 4.90 Å². The fourth-order valence-electron chi connectivity index (χ4n) is 2.71. The Hall–Kier alpha value is -2.03. The molecule has 0 aromatic heterocycles. The number of allylic oxidation sites excluding steroid dienone is 6. The van der Waals surface area contributed by atoms with E-state index in [1.807, 2.05) is 18.2 Å².